The number of amides is 1. The smallest absolute Gasteiger partial charge is 0.264 e. The fraction of sp³-hybridized carbons (Fsp3) is 0.321. The van der Waals surface area contributed by atoms with Gasteiger partial charge in [-0.3, -0.25) is 14.2 Å². The van der Waals surface area contributed by atoms with Crippen LogP contribution in [0.15, 0.2) is 72.3 Å². The van der Waals surface area contributed by atoms with Gasteiger partial charge in [0.25, 0.3) is 5.56 Å². The van der Waals surface area contributed by atoms with Crippen molar-refractivity contribution in [1.82, 2.24) is 33.6 Å². The summed E-state index contributed by atoms with van der Waals surface area (Å²) in [5.74, 6) is 0.375. The van der Waals surface area contributed by atoms with Crippen LogP contribution < -0.4 is 5.56 Å². The van der Waals surface area contributed by atoms with Crippen molar-refractivity contribution >= 4 is 22.6 Å². The van der Waals surface area contributed by atoms with Gasteiger partial charge in [-0.05, 0) is 55.5 Å². The van der Waals surface area contributed by atoms with Gasteiger partial charge in [-0.25, -0.2) is 14.6 Å². The molecule has 0 spiro atoms. The van der Waals surface area contributed by atoms with Crippen LogP contribution in [0.2, 0.25) is 0 Å². The molecule has 5 aromatic rings. The number of carbonyl (C=O) groups excluding carboxylic acids is 1. The lowest BCUT2D eigenvalue weighted by molar-refractivity contribution is -0.137. The molecule has 1 aromatic carbocycles. The molecule has 0 unspecified atom stereocenters. The van der Waals surface area contributed by atoms with E-state index in [9.17, 15) is 14.7 Å². The number of imidazole rings is 1. The lowest BCUT2D eigenvalue weighted by Gasteiger charge is -2.38. The molecule has 0 radical (unpaired) electrons. The first-order valence-corrected chi connectivity index (χ1v) is 13.0. The van der Waals surface area contributed by atoms with Gasteiger partial charge in [0.2, 0.25) is 5.91 Å². The molecule has 38 heavy (non-hydrogen) atoms. The maximum Gasteiger partial charge on any atom is 0.264 e. The minimum absolute atomic E-state index is 0.138. The Labute approximate surface area is 217 Å². The standard InChI is InChI=1S/C28H27N7O3/c36-26(20-3-4-20)33-13-9-28(38,10-14-33)17-34-18-30-25-23(27(34)37)16-31-35(25)21-7-5-19(6-8-21)22-2-1-12-32-15-11-29-24(22)32/h1-2,5-8,11-12,15-16,18,20,38H,3-4,9-10,13-14,17H2. The summed E-state index contributed by atoms with van der Waals surface area (Å²) in [6.07, 6.45) is 11.5. The number of hydrogen-bond donors (Lipinski definition) is 1. The summed E-state index contributed by atoms with van der Waals surface area (Å²) in [6, 6.07) is 11.9. The quantitative estimate of drug-likeness (QED) is 0.390. The average Bonchev–Trinajstić information content (AvgIpc) is 3.51. The van der Waals surface area contributed by atoms with Crippen LogP contribution in [0.1, 0.15) is 25.7 Å². The molecule has 2 fully saturated rings. The number of aliphatic hydroxyl groups is 1. The van der Waals surface area contributed by atoms with Crippen LogP contribution in [0.4, 0.5) is 0 Å². The maximum atomic E-state index is 13.3. The molecule has 192 valence electrons. The Bertz CT molecular complexity index is 1720. The predicted molar refractivity (Wildman–Crippen MR) is 141 cm³/mol. The van der Waals surface area contributed by atoms with Crippen LogP contribution in [-0.2, 0) is 11.3 Å². The molecule has 0 bridgehead atoms. The molecule has 1 amide bonds. The number of likely N-dealkylation sites (tertiary alicyclic amines) is 1. The van der Waals surface area contributed by atoms with Gasteiger partial charge in [-0.1, -0.05) is 12.1 Å². The maximum absolute atomic E-state index is 13.3. The van der Waals surface area contributed by atoms with Gasteiger partial charge in [0.15, 0.2) is 5.65 Å². The van der Waals surface area contributed by atoms with Gasteiger partial charge in [0, 0.05) is 43.2 Å². The van der Waals surface area contributed by atoms with E-state index >= 15 is 0 Å². The third-order valence-electron chi connectivity index (χ3n) is 7.79. The zero-order chi connectivity index (χ0) is 25.9. The number of nitrogens with zero attached hydrogens (tertiary/aromatic N) is 7. The van der Waals surface area contributed by atoms with Gasteiger partial charge in [0.05, 0.1) is 24.0 Å². The third-order valence-corrected chi connectivity index (χ3v) is 7.79. The van der Waals surface area contributed by atoms with E-state index in [0.29, 0.717) is 37.0 Å². The lowest BCUT2D eigenvalue weighted by Crippen LogP contribution is -2.50. The van der Waals surface area contributed by atoms with E-state index in [-0.39, 0.29) is 23.9 Å². The molecule has 1 aliphatic heterocycles. The molecule has 0 atom stereocenters. The number of hydrogen-bond acceptors (Lipinski definition) is 6. The van der Waals surface area contributed by atoms with Crippen molar-refractivity contribution in [3.63, 3.8) is 0 Å². The van der Waals surface area contributed by atoms with Gasteiger partial charge in [0.1, 0.15) is 17.4 Å². The second-order valence-corrected chi connectivity index (χ2v) is 10.4. The molecular weight excluding hydrogens is 482 g/mol. The fourth-order valence-corrected chi connectivity index (χ4v) is 5.41. The van der Waals surface area contributed by atoms with Crippen molar-refractivity contribution in [2.45, 2.75) is 37.8 Å². The second kappa shape index (κ2) is 8.63. The highest BCUT2D eigenvalue weighted by atomic mass is 16.3. The molecule has 2 aliphatic rings. The van der Waals surface area contributed by atoms with Gasteiger partial charge in [-0.15, -0.1) is 0 Å². The predicted octanol–water partition coefficient (Wildman–Crippen LogP) is 2.66. The summed E-state index contributed by atoms with van der Waals surface area (Å²) in [5, 5.41) is 16.0. The summed E-state index contributed by atoms with van der Waals surface area (Å²) >= 11 is 0. The van der Waals surface area contributed by atoms with E-state index in [2.05, 4.69) is 15.1 Å². The highest BCUT2D eigenvalue weighted by molar-refractivity contribution is 5.81. The molecule has 7 rings (SSSR count). The normalized spacial score (nSPS) is 17.3. The largest absolute Gasteiger partial charge is 0.388 e. The van der Waals surface area contributed by atoms with Crippen LogP contribution in [0.25, 0.3) is 33.5 Å². The minimum Gasteiger partial charge on any atom is -0.388 e. The Morgan fingerprint density at radius 2 is 1.82 bits per heavy atom. The summed E-state index contributed by atoms with van der Waals surface area (Å²) in [5.41, 5.74) is 2.89. The molecule has 1 saturated heterocycles. The first-order chi connectivity index (χ1) is 18.5. The molecule has 4 aromatic heterocycles. The van der Waals surface area contributed by atoms with Gasteiger partial charge >= 0.3 is 0 Å². The molecule has 10 nitrogen and oxygen atoms in total. The Balaban J connectivity index is 1.12. The average molecular weight is 510 g/mol. The van der Waals surface area contributed by atoms with Crippen LogP contribution >= 0.6 is 0 Å². The zero-order valence-electron chi connectivity index (χ0n) is 20.8. The van der Waals surface area contributed by atoms with Crippen molar-refractivity contribution < 1.29 is 9.90 Å². The van der Waals surface area contributed by atoms with Crippen molar-refractivity contribution in [3.05, 3.63) is 77.9 Å². The van der Waals surface area contributed by atoms with E-state index in [4.69, 9.17) is 0 Å². The van der Waals surface area contributed by atoms with Crippen molar-refractivity contribution in [1.29, 1.82) is 0 Å². The third kappa shape index (κ3) is 3.88. The number of fused-ring (bicyclic) bond motifs is 2. The topological polar surface area (TPSA) is 111 Å². The van der Waals surface area contributed by atoms with Crippen LogP contribution in [0.5, 0.6) is 0 Å². The summed E-state index contributed by atoms with van der Waals surface area (Å²) in [6.45, 7) is 1.16. The fourth-order valence-electron chi connectivity index (χ4n) is 5.41. The zero-order valence-corrected chi connectivity index (χ0v) is 20.8. The van der Waals surface area contributed by atoms with Crippen molar-refractivity contribution in [3.8, 4) is 16.8 Å². The van der Waals surface area contributed by atoms with E-state index in [0.717, 1.165) is 35.3 Å². The van der Waals surface area contributed by atoms with Crippen molar-refractivity contribution in [2.24, 2.45) is 5.92 Å². The monoisotopic (exact) mass is 509 g/mol. The SMILES string of the molecule is O=C(C1CC1)N1CCC(O)(Cn2cnc3c(cnn3-c3ccc(-c4cccn5ccnc45)cc3)c2=O)CC1. The second-order valence-electron chi connectivity index (χ2n) is 10.4. The molecule has 5 heterocycles. The molecule has 10 heteroatoms. The van der Waals surface area contributed by atoms with Gasteiger partial charge < -0.3 is 14.4 Å². The van der Waals surface area contributed by atoms with Gasteiger partial charge in [-0.2, -0.15) is 5.10 Å². The van der Waals surface area contributed by atoms with Crippen molar-refractivity contribution in [2.75, 3.05) is 13.1 Å². The highest BCUT2D eigenvalue weighted by Gasteiger charge is 2.39. The number of rotatable bonds is 5. The van der Waals surface area contributed by atoms with E-state index in [1.807, 2.05) is 58.1 Å². The molecular formula is C28H27N7O3. The number of carbonyl (C=O) groups is 1. The number of piperidine rings is 1. The Morgan fingerprint density at radius 1 is 1.03 bits per heavy atom. The Kier molecular flexibility index (Phi) is 5.19. The van der Waals surface area contributed by atoms with Crippen LogP contribution in [0.3, 0.4) is 0 Å². The Morgan fingerprint density at radius 3 is 2.58 bits per heavy atom. The minimum atomic E-state index is -1.05. The van der Waals surface area contributed by atoms with E-state index < -0.39 is 5.60 Å². The number of aromatic nitrogens is 6. The summed E-state index contributed by atoms with van der Waals surface area (Å²) < 4.78 is 5.09. The molecule has 1 aliphatic carbocycles. The van der Waals surface area contributed by atoms with E-state index in [1.165, 1.54) is 17.1 Å². The Hall–Kier alpha value is -4.31. The highest BCUT2D eigenvalue weighted by Crippen LogP contribution is 2.33. The summed E-state index contributed by atoms with van der Waals surface area (Å²) in [4.78, 5) is 36.5. The lowest BCUT2D eigenvalue weighted by atomic mass is 9.91. The molecule has 1 saturated carbocycles. The van der Waals surface area contributed by atoms with Crippen LogP contribution in [0, 0.1) is 5.92 Å². The van der Waals surface area contributed by atoms with Crippen LogP contribution in [-0.4, -0.2) is 63.3 Å². The summed E-state index contributed by atoms with van der Waals surface area (Å²) in [7, 11) is 0. The molecule has 1 N–H and O–H groups in total. The number of benzene rings is 1. The van der Waals surface area contributed by atoms with E-state index in [1.54, 1.807) is 10.9 Å². The first-order valence-electron chi connectivity index (χ1n) is 13.0. The first kappa shape index (κ1) is 22.9. The number of pyridine rings is 1.